The van der Waals surface area contributed by atoms with Crippen molar-refractivity contribution in [3.8, 4) is 11.8 Å². The zero-order valence-electron chi connectivity index (χ0n) is 9.89. The van der Waals surface area contributed by atoms with Crippen LogP contribution >= 0.6 is 11.6 Å². The van der Waals surface area contributed by atoms with Crippen LogP contribution in [0.25, 0.3) is 0 Å². The smallest absolute Gasteiger partial charge is 0.240 e. The highest BCUT2D eigenvalue weighted by Gasteiger charge is 2.05. The molecule has 5 heteroatoms. The van der Waals surface area contributed by atoms with Crippen LogP contribution in [-0.2, 0) is 6.61 Å². The zero-order chi connectivity index (χ0) is 13.0. The fourth-order valence-corrected chi connectivity index (χ4v) is 1.52. The van der Waals surface area contributed by atoms with Crippen molar-refractivity contribution in [3.05, 3.63) is 47.0 Å². The van der Waals surface area contributed by atoms with Crippen LogP contribution in [0.5, 0.6) is 11.8 Å². The Morgan fingerprint density at radius 1 is 1.17 bits per heavy atom. The number of rotatable bonds is 4. The number of anilines is 1. The second-order valence-electron chi connectivity index (χ2n) is 3.66. The first-order valence-electron chi connectivity index (χ1n) is 5.37. The van der Waals surface area contributed by atoms with E-state index < -0.39 is 0 Å². The van der Waals surface area contributed by atoms with Gasteiger partial charge < -0.3 is 15.2 Å². The molecule has 94 valence electrons. The summed E-state index contributed by atoms with van der Waals surface area (Å²) in [6, 6.07) is 10.8. The fourth-order valence-electron chi connectivity index (χ4n) is 1.40. The van der Waals surface area contributed by atoms with Crippen molar-refractivity contribution < 1.29 is 9.47 Å². The number of methoxy groups -OCH3 is 1. The summed E-state index contributed by atoms with van der Waals surface area (Å²) in [5.74, 6) is 0.833. The van der Waals surface area contributed by atoms with Crippen LogP contribution in [0.4, 0.5) is 5.69 Å². The van der Waals surface area contributed by atoms with Crippen molar-refractivity contribution in [3.63, 3.8) is 0 Å². The number of hydrogen-bond donors (Lipinski definition) is 1. The van der Waals surface area contributed by atoms with Gasteiger partial charge in [-0.1, -0.05) is 23.7 Å². The monoisotopic (exact) mass is 264 g/mol. The molecule has 0 bridgehead atoms. The number of ether oxygens (including phenoxy) is 2. The van der Waals surface area contributed by atoms with Crippen molar-refractivity contribution in [1.29, 1.82) is 0 Å². The third-order valence-electron chi connectivity index (χ3n) is 2.36. The standard InChI is InChI=1S/C13H13ClN2O2/c1-17-12-7-6-11(15)13(16-12)18-8-9-2-4-10(14)5-3-9/h2-7H,8,15H2,1H3. The Hall–Kier alpha value is -1.94. The van der Waals surface area contributed by atoms with Crippen LogP contribution in [0.1, 0.15) is 5.56 Å². The number of halogens is 1. The molecule has 0 aliphatic carbocycles. The van der Waals surface area contributed by atoms with Gasteiger partial charge in [-0.3, -0.25) is 0 Å². The van der Waals surface area contributed by atoms with Crippen LogP contribution in [0.3, 0.4) is 0 Å². The van der Waals surface area contributed by atoms with E-state index in [-0.39, 0.29) is 0 Å². The van der Waals surface area contributed by atoms with Gasteiger partial charge in [0.2, 0.25) is 11.8 Å². The highest BCUT2D eigenvalue weighted by Crippen LogP contribution is 2.23. The predicted molar refractivity (Wildman–Crippen MR) is 71.0 cm³/mol. The summed E-state index contributed by atoms with van der Waals surface area (Å²) in [6.07, 6.45) is 0. The van der Waals surface area contributed by atoms with Gasteiger partial charge >= 0.3 is 0 Å². The molecular weight excluding hydrogens is 252 g/mol. The summed E-state index contributed by atoms with van der Waals surface area (Å²) in [5.41, 5.74) is 7.23. The van der Waals surface area contributed by atoms with Crippen LogP contribution in [0.2, 0.25) is 5.02 Å². The predicted octanol–water partition coefficient (Wildman–Crippen LogP) is 2.90. The van der Waals surface area contributed by atoms with E-state index in [9.17, 15) is 0 Å². The van der Waals surface area contributed by atoms with Gasteiger partial charge in [-0.25, -0.2) is 0 Å². The lowest BCUT2D eigenvalue weighted by Crippen LogP contribution is -2.01. The van der Waals surface area contributed by atoms with Crippen LogP contribution in [0.15, 0.2) is 36.4 Å². The molecule has 0 unspecified atom stereocenters. The number of nitrogen functional groups attached to an aromatic ring is 1. The summed E-state index contributed by atoms with van der Waals surface area (Å²) in [5, 5.41) is 0.692. The minimum Gasteiger partial charge on any atom is -0.481 e. The number of nitrogens with zero attached hydrogens (tertiary/aromatic N) is 1. The van der Waals surface area contributed by atoms with Crippen molar-refractivity contribution in [2.75, 3.05) is 12.8 Å². The molecule has 0 saturated heterocycles. The molecule has 2 aromatic rings. The SMILES string of the molecule is COc1ccc(N)c(OCc2ccc(Cl)cc2)n1. The Morgan fingerprint density at radius 3 is 2.56 bits per heavy atom. The van der Waals surface area contributed by atoms with E-state index in [0.29, 0.717) is 29.1 Å². The van der Waals surface area contributed by atoms with Crippen molar-refractivity contribution in [2.24, 2.45) is 0 Å². The molecule has 1 heterocycles. The summed E-state index contributed by atoms with van der Waals surface area (Å²) in [4.78, 5) is 4.13. The summed E-state index contributed by atoms with van der Waals surface area (Å²) in [6.45, 7) is 0.377. The molecule has 0 fully saturated rings. The second kappa shape index (κ2) is 5.60. The molecule has 1 aromatic carbocycles. The number of aromatic nitrogens is 1. The van der Waals surface area contributed by atoms with Gasteiger partial charge in [0.1, 0.15) is 6.61 Å². The van der Waals surface area contributed by atoms with Gasteiger partial charge in [0.25, 0.3) is 0 Å². The third kappa shape index (κ3) is 3.05. The molecule has 2 rings (SSSR count). The molecule has 2 N–H and O–H groups in total. The number of hydrogen-bond acceptors (Lipinski definition) is 4. The Labute approximate surface area is 110 Å². The summed E-state index contributed by atoms with van der Waals surface area (Å²) in [7, 11) is 1.54. The lowest BCUT2D eigenvalue weighted by molar-refractivity contribution is 0.289. The molecule has 0 amide bonds. The van der Waals surface area contributed by atoms with Crippen LogP contribution in [-0.4, -0.2) is 12.1 Å². The average molecular weight is 265 g/mol. The molecule has 0 saturated carbocycles. The number of benzene rings is 1. The maximum Gasteiger partial charge on any atom is 0.240 e. The van der Waals surface area contributed by atoms with Crippen molar-refractivity contribution in [1.82, 2.24) is 4.98 Å². The first kappa shape index (κ1) is 12.5. The Kier molecular flexibility index (Phi) is 3.89. The fraction of sp³-hybridized carbons (Fsp3) is 0.154. The average Bonchev–Trinajstić information content (AvgIpc) is 2.40. The normalized spacial score (nSPS) is 10.1. The quantitative estimate of drug-likeness (QED) is 0.922. The maximum atomic E-state index is 5.80. The zero-order valence-corrected chi connectivity index (χ0v) is 10.6. The molecule has 0 spiro atoms. The number of pyridine rings is 1. The van der Waals surface area contributed by atoms with Gasteiger partial charge in [0.05, 0.1) is 12.8 Å². The first-order chi connectivity index (χ1) is 8.69. The van der Waals surface area contributed by atoms with Crippen LogP contribution in [0, 0.1) is 0 Å². The second-order valence-corrected chi connectivity index (χ2v) is 4.10. The molecule has 0 aliphatic rings. The third-order valence-corrected chi connectivity index (χ3v) is 2.61. The summed E-state index contributed by atoms with van der Waals surface area (Å²) < 4.78 is 10.6. The van der Waals surface area contributed by atoms with E-state index in [2.05, 4.69) is 4.98 Å². The van der Waals surface area contributed by atoms with E-state index >= 15 is 0 Å². The molecular formula is C13H13ClN2O2. The van der Waals surface area contributed by atoms with Crippen molar-refractivity contribution in [2.45, 2.75) is 6.61 Å². The van der Waals surface area contributed by atoms with Gasteiger partial charge in [-0.15, -0.1) is 0 Å². The first-order valence-corrected chi connectivity index (χ1v) is 5.74. The van der Waals surface area contributed by atoms with E-state index in [4.69, 9.17) is 26.8 Å². The highest BCUT2D eigenvalue weighted by atomic mass is 35.5. The van der Waals surface area contributed by atoms with Gasteiger partial charge in [-0.05, 0) is 23.8 Å². The van der Waals surface area contributed by atoms with Gasteiger partial charge in [0, 0.05) is 11.1 Å². The Bertz CT molecular complexity index is 529. The number of nitrogens with two attached hydrogens (primary N) is 1. The molecule has 4 nitrogen and oxygen atoms in total. The summed E-state index contributed by atoms with van der Waals surface area (Å²) >= 11 is 5.80. The molecule has 18 heavy (non-hydrogen) atoms. The minimum atomic E-state index is 0.365. The lowest BCUT2D eigenvalue weighted by atomic mass is 10.2. The minimum absolute atomic E-state index is 0.365. The topological polar surface area (TPSA) is 57.4 Å². The molecule has 1 aromatic heterocycles. The van der Waals surface area contributed by atoms with Crippen molar-refractivity contribution >= 4 is 17.3 Å². The molecule has 0 radical (unpaired) electrons. The van der Waals surface area contributed by atoms with E-state index in [1.165, 1.54) is 0 Å². The Balaban J connectivity index is 2.07. The lowest BCUT2D eigenvalue weighted by Gasteiger charge is -2.09. The van der Waals surface area contributed by atoms with E-state index in [1.54, 1.807) is 19.2 Å². The maximum absolute atomic E-state index is 5.80. The van der Waals surface area contributed by atoms with E-state index in [1.807, 2.05) is 24.3 Å². The molecule has 0 atom stereocenters. The van der Waals surface area contributed by atoms with E-state index in [0.717, 1.165) is 5.56 Å². The highest BCUT2D eigenvalue weighted by molar-refractivity contribution is 6.30. The van der Waals surface area contributed by atoms with Gasteiger partial charge in [0.15, 0.2) is 0 Å². The van der Waals surface area contributed by atoms with Crippen LogP contribution < -0.4 is 15.2 Å². The molecule has 0 aliphatic heterocycles. The largest absolute Gasteiger partial charge is 0.481 e. The Morgan fingerprint density at radius 2 is 1.89 bits per heavy atom. The van der Waals surface area contributed by atoms with Gasteiger partial charge in [-0.2, -0.15) is 4.98 Å².